The fourth-order valence-corrected chi connectivity index (χ4v) is 4.97. The van der Waals surface area contributed by atoms with Crippen molar-refractivity contribution in [1.29, 1.82) is 0 Å². The lowest BCUT2D eigenvalue weighted by molar-refractivity contribution is -0.153. The number of alkyl halides is 3. The Kier molecular flexibility index (Phi) is 9.13. The van der Waals surface area contributed by atoms with Crippen LogP contribution < -0.4 is 4.74 Å². The molecule has 0 saturated carbocycles. The smallest absolute Gasteiger partial charge is 0.416 e. The van der Waals surface area contributed by atoms with Crippen LogP contribution in [-0.4, -0.2) is 30.8 Å². The van der Waals surface area contributed by atoms with E-state index in [-0.39, 0.29) is 6.10 Å². The molecule has 0 amide bonds. The lowest BCUT2D eigenvalue weighted by atomic mass is 9.99. The molecule has 0 spiro atoms. The third kappa shape index (κ3) is 6.64. The van der Waals surface area contributed by atoms with Gasteiger partial charge in [-0.15, -0.1) is 11.3 Å². The zero-order valence-electron chi connectivity index (χ0n) is 20.9. The van der Waals surface area contributed by atoms with E-state index in [1.807, 2.05) is 45.9 Å². The monoisotopic (exact) mass is 521 g/mol. The Balaban J connectivity index is 1.76. The molecular formula is C27H30F3NO4S. The van der Waals surface area contributed by atoms with Gasteiger partial charge in [0.2, 0.25) is 0 Å². The van der Waals surface area contributed by atoms with Crippen LogP contribution in [0.5, 0.6) is 5.75 Å². The number of benzene rings is 2. The molecule has 9 heteroatoms. The molecule has 1 aromatic heterocycles. The van der Waals surface area contributed by atoms with Crippen molar-refractivity contribution in [3.05, 3.63) is 69.7 Å². The van der Waals surface area contributed by atoms with E-state index in [9.17, 15) is 18.0 Å². The maximum Gasteiger partial charge on any atom is 0.416 e. The lowest BCUT2D eigenvalue weighted by Crippen LogP contribution is -2.28. The van der Waals surface area contributed by atoms with Crippen molar-refractivity contribution in [3.63, 3.8) is 0 Å². The van der Waals surface area contributed by atoms with Crippen molar-refractivity contribution >= 4 is 17.3 Å². The van der Waals surface area contributed by atoms with Crippen LogP contribution in [0, 0.1) is 6.92 Å². The number of ether oxygens (including phenoxy) is 3. The fraction of sp³-hybridized carbons (Fsp3) is 0.407. The SMILES string of the molecule is CCO[C@@H](Cc1ccc(O[C@@H](C)c2sc(-c3ccc(C(F)(F)F)cc3)nc2C)cc1CC)C(=O)OC. The molecule has 0 saturated heterocycles. The summed E-state index contributed by atoms with van der Waals surface area (Å²) in [7, 11) is 1.35. The van der Waals surface area contributed by atoms with Gasteiger partial charge in [0.15, 0.2) is 6.10 Å². The number of halogens is 3. The molecule has 3 rings (SSSR count). The summed E-state index contributed by atoms with van der Waals surface area (Å²) in [6.07, 6.45) is -4.20. The van der Waals surface area contributed by atoms with E-state index < -0.39 is 23.8 Å². The molecule has 3 aromatic rings. The Bertz CT molecular complexity index is 1170. The molecule has 1 heterocycles. The van der Waals surface area contributed by atoms with Gasteiger partial charge in [-0.1, -0.05) is 25.1 Å². The predicted molar refractivity (Wildman–Crippen MR) is 133 cm³/mol. The molecule has 5 nitrogen and oxygen atoms in total. The number of thiazole rings is 1. The van der Waals surface area contributed by atoms with E-state index in [4.69, 9.17) is 14.2 Å². The lowest BCUT2D eigenvalue weighted by Gasteiger charge is -2.19. The minimum absolute atomic E-state index is 0.313. The number of nitrogens with zero attached hydrogens (tertiary/aromatic N) is 1. The Morgan fingerprint density at radius 3 is 2.36 bits per heavy atom. The van der Waals surface area contributed by atoms with Crippen LogP contribution in [0.4, 0.5) is 13.2 Å². The Morgan fingerprint density at radius 1 is 1.08 bits per heavy atom. The summed E-state index contributed by atoms with van der Waals surface area (Å²) in [4.78, 5) is 17.5. The van der Waals surface area contributed by atoms with Gasteiger partial charge >= 0.3 is 12.1 Å². The topological polar surface area (TPSA) is 57.7 Å². The summed E-state index contributed by atoms with van der Waals surface area (Å²) >= 11 is 1.40. The van der Waals surface area contributed by atoms with E-state index in [1.165, 1.54) is 30.6 Å². The highest BCUT2D eigenvalue weighted by atomic mass is 32.1. The number of aryl methyl sites for hydroxylation is 2. The molecule has 0 radical (unpaired) electrons. The van der Waals surface area contributed by atoms with Crippen LogP contribution in [0.2, 0.25) is 0 Å². The molecule has 0 fully saturated rings. The summed E-state index contributed by atoms with van der Waals surface area (Å²) in [5, 5.41) is 0.640. The molecule has 0 aliphatic rings. The van der Waals surface area contributed by atoms with E-state index in [0.29, 0.717) is 29.3 Å². The van der Waals surface area contributed by atoms with Gasteiger partial charge in [-0.05, 0) is 62.6 Å². The molecule has 0 bridgehead atoms. The predicted octanol–water partition coefficient (Wildman–Crippen LogP) is 6.96. The maximum absolute atomic E-state index is 12.9. The summed E-state index contributed by atoms with van der Waals surface area (Å²) < 4.78 is 55.3. The van der Waals surface area contributed by atoms with Crippen molar-refractivity contribution in [2.24, 2.45) is 0 Å². The first-order valence-corrected chi connectivity index (χ1v) is 12.5. The fourth-order valence-electron chi connectivity index (χ4n) is 3.91. The van der Waals surface area contributed by atoms with Gasteiger partial charge in [0.25, 0.3) is 0 Å². The standard InChI is InChI=1S/C27H30F3NO4S/c1-6-18-14-22(13-10-20(18)15-23(34-7-2)26(32)33-5)35-17(4)24-16(3)31-25(36-24)19-8-11-21(12-9-19)27(28,29)30/h8-14,17,23H,6-7,15H2,1-5H3/t17-,23-/m0/s1. The first-order chi connectivity index (χ1) is 17.1. The van der Waals surface area contributed by atoms with Crippen LogP contribution in [0.15, 0.2) is 42.5 Å². The third-order valence-corrected chi connectivity index (χ3v) is 7.14. The number of carbonyl (C=O) groups is 1. The largest absolute Gasteiger partial charge is 0.485 e. The number of methoxy groups -OCH3 is 1. The van der Waals surface area contributed by atoms with Crippen molar-refractivity contribution in [1.82, 2.24) is 4.98 Å². The van der Waals surface area contributed by atoms with Gasteiger partial charge in [0, 0.05) is 18.6 Å². The molecule has 2 aromatic carbocycles. The summed E-state index contributed by atoms with van der Waals surface area (Å²) in [6, 6.07) is 10.8. The third-order valence-electron chi connectivity index (χ3n) is 5.77. The second kappa shape index (κ2) is 11.9. The van der Waals surface area contributed by atoms with E-state index in [0.717, 1.165) is 40.3 Å². The number of rotatable bonds is 10. The number of esters is 1. The summed E-state index contributed by atoms with van der Waals surface area (Å²) in [5.41, 5.74) is 2.74. The zero-order valence-corrected chi connectivity index (χ0v) is 21.8. The van der Waals surface area contributed by atoms with Crippen LogP contribution in [0.3, 0.4) is 0 Å². The van der Waals surface area contributed by atoms with Crippen molar-refractivity contribution in [3.8, 4) is 16.3 Å². The zero-order chi connectivity index (χ0) is 26.5. The average Bonchev–Trinajstić information content (AvgIpc) is 3.25. The minimum atomic E-state index is -4.37. The maximum atomic E-state index is 12.9. The molecular weight excluding hydrogens is 491 g/mol. The first kappa shape index (κ1) is 27.7. The number of hydrogen-bond acceptors (Lipinski definition) is 6. The van der Waals surface area contributed by atoms with Crippen LogP contribution in [-0.2, 0) is 33.3 Å². The normalized spacial score (nSPS) is 13.3. The van der Waals surface area contributed by atoms with E-state index in [2.05, 4.69) is 4.98 Å². The average molecular weight is 522 g/mol. The van der Waals surface area contributed by atoms with Crippen LogP contribution in [0.25, 0.3) is 10.6 Å². The van der Waals surface area contributed by atoms with Gasteiger partial charge in [-0.25, -0.2) is 9.78 Å². The van der Waals surface area contributed by atoms with Gasteiger partial charge in [-0.3, -0.25) is 0 Å². The van der Waals surface area contributed by atoms with E-state index in [1.54, 1.807) is 0 Å². The quantitative estimate of drug-likeness (QED) is 0.270. The molecule has 0 unspecified atom stereocenters. The van der Waals surface area contributed by atoms with Gasteiger partial charge in [0.05, 0.1) is 23.2 Å². The molecule has 0 aliphatic heterocycles. The number of aromatic nitrogens is 1. The molecule has 0 aliphatic carbocycles. The van der Waals surface area contributed by atoms with Crippen LogP contribution in [0.1, 0.15) is 54.1 Å². The molecule has 36 heavy (non-hydrogen) atoms. The van der Waals surface area contributed by atoms with Crippen molar-refractivity contribution in [2.75, 3.05) is 13.7 Å². The van der Waals surface area contributed by atoms with E-state index >= 15 is 0 Å². The first-order valence-electron chi connectivity index (χ1n) is 11.7. The Hall–Kier alpha value is -2.91. The Morgan fingerprint density at radius 2 is 1.78 bits per heavy atom. The van der Waals surface area contributed by atoms with Gasteiger partial charge in [0.1, 0.15) is 16.9 Å². The minimum Gasteiger partial charge on any atom is -0.485 e. The second-order valence-electron chi connectivity index (χ2n) is 8.26. The summed E-state index contributed by atoms with van der Waals surface area (Å²) in [6.45, 7) is 8.05. The molecule has 0 N–H and O–H groups in total. The summed E-state index contributed by atoms with van der Waals surface area (Å²) in [5.74, 6) is 0.274. The molecule has 194 valence electrons. The highest BCUT2D eigenvalue weighted by Gasteiger charge is 2.30. The van der Waals surface area contributed by atoms with Crippen molar-refractivity contribution in [2.45, 2.75) is 58.9 Å². The highest BCUT2D eigenvalue weighted by Crippen LogP contribution is 2.36. The number of hydrogen-bond donors (Lipinski definition) is 0. The van der Waals surface area contributed by atoms with Crippen LogP contribution >= 0.6 is 11.3 Å². The second-order valence-corrected chi connectivity index (χ2v) is 9.29. The molecule has 2 atom stereocenters. The van der Waals surface area contributed by atoms with Gasteiger partial charge in [-0.2, -0.15) is 13.2 Å². The number of carbonyl (C=O) groups excluding carboxylic acids is 1. The van der Waals surface area contributed by atoms with Gasteiger partial charge < -0.3 is 14.2 Å². The Labute approximate surface area is 213 Å². The highest BCUT2D eigenvalue weighted by molar-refractivity contribution is 7.15. The van der Waals surface area contributed by atoms with Crippen molar-refractivity contribution < 1.29 is 32.2 Å².